The lowest BCUT2D eigenvalue weighted by molar-refractivity contribution is -0.134. The van der Waals surface area contributed by atoms with Gasteiger partial charge in [-0.2, -0.15) is 0 Å². The van der Waals surface area contributed by atoms with E-state index in [1.165, 1.54) is 18.6 Å². The first kappa shape index (κ1) is 15.0. The number of benzene rings is 1. The first-order valence-corrected chi connectivity index (χ1v) is 7.38. The summed E-state index contributed by atoms with van der Waals surface area (Å²) in [7, 11) is 0. The summed E-state index contributed by atoms with van der Waals surface area (Å²) in [6.07, 6.45) is 3.40. The molecule has 0 spiro atoms. The van der Waals surface area contributed by atoms with E-state index in [0.29, 0.717) is 0 Å². The summed E-state index contributed by atoms with van der Waals surface area (Å²) in [5.41, 5.74) is 0.864. The van der Waals surface area contributed by atoms with Crippen LogP contribution in [0.5, 0.6) is 0 Å². The van der Waals surface area contributed by atoms with Gasteiger partial charge in [0.25, 0.3) is 0 Å². The second-order valence-corrected chi connectivity index (χ2v) is 5.55. The molecule has 1 unspecified atom stereocenters. The molecule has 1 saturated heterocycles. The molecule has 1 heterocycles. The second kappa shape index (κ2) is 6.84. The number of rotatable bonds is 4. The van der Waals surface area contributed by atoms with Crippen molar-refractivity contribution in [3.05, 3.63) is 35.6 Å². The fourth-order valence-electron chi connectivity index (χ4n) is 2.71. The van der Waals surface area contributed by atoms with Gasteiger partial charge in [-0.15, -0.1) is 0 Å². The Morgan fingerprint density at radius 2 is 1.95 bits per heavy atom. The topological polar surface area (TPSA) is 32.3 Å². The molecule has 4 heteroatoms. The molecule has 1 fully saturated rings. The van der Waals surface area contributed by atoms with Gasteiger partial charge in [0.1, 0.15) is 5.82 Å². The van der Waals surface area contributed by atoms with Crippen LogP contribution in [0.15, 0.2) is 24.3 Å². The highest BCUT2D eigenvalue weighted by Crippen LogP contribution is 2.15. The Hall–Kier alpha value is -1.42. The summed E-state index contributed by atoms with van der Waals surface area (Å²) in [4.78, 5) is 14.3. The van der Waals surface area contributed by atoms with Crippen molar-refractivity contribution < 1.29 is 9.18 Å². The summed E-state index contributed by atoms with van der Waals surface area (Å²) in [6, 6.07) is 6.22. The number of amides is 1. The fourth-order valence-corrected chi connectivity index (χ4v) is 2.71. The smallest absolute Gasteiger partial charge is 0.239 e. The summed E-state index contributed by atoms with van der Waals surface area (Å²) in [6.45, 7) is 5.56. The standard InChI is InChI=1S/C16H23FN2O/c1-12(14-7-6-8-15(17)11-14)18-13(2)16(20)19-9-4-3-5-10-19/h6-8,11-13,18H,3-5,9-10H2,1-2H3/t12-,13?/m1/s1. The minimum Gasteiger partial charge on any atom is -0.341 e. The van der Waals surface area contributed by atoms with Crippen LogP contribution < -0.4 is 5.32 Å². The minimum atomic E-state index is -0.244. The van der Waals surface area contributed by atoms with Crippen molar-refractivity contribution >= 4 is 5.91 Å². The van der Waals surface area contributed by atoms with E-state index in [9.17, 15) is 9.18 Å². The van der Waals surface area contributed by atoms with E-state index >= 15 is 0 Å². The van der Waals surface area contributed by atoms with Crippen molar-refractivity contribution in [1.82, 2.24) is 10.2 Å². The van der Waals surface area contributed by atoms with Gasteiger partial charge in [-0.3, -0.25) is 10.1 Å². The SMILES string of the molecule is CC(N[C@H](C)c1cccc(F)c1)C(=O)N1CCCCC1. The van der Waals surface area contributed by atoms with Crippen LogP contribution in [0.1, 0.15) is 44.7 Å². The van der Waals surface area contributed by atoms with Crippen molar-refractivity contribution in [2.75, 3.05) is 13.1 Å². The molecule has 20 heavy (non-hydrogen) atoms. The maximum Gasteiger partial charge on any atom is 0.239 e. The largest absolute Gasteiger partial charge is 0.341 e. The van der Waals surface area contributed by atoms with Crippen LogP contribution in [0.25, 0.3) is 0 Å². The number of piperidine rings is 1. The first-order chi connectivity index (χ1) is 9.58. The van der Waals surface area contributed by atoms with E-state index in [-0.39, 0.29) is 23.8 Å². The predicted octanol–water partition coefficient (Wildman–Crippen LogP) is 2.88. The summed E-state index contributed by atoms with van der Waals surface area (Å²) in [5, 5.41) is 3.26. The quantitative estimate of drug-likeness (QED) is 0.918. The Kier molecular flexibility index (Phi) is 5.12. The van der Waals surface area contributed by atoms with Crippen LogP contribution in [0.4, 0.5) is 4.39 Å². The molecule has 1 aliphatic heterocycles. The molecule has 1 amide bonds. The van der Waals surface area contributed by atoms with Crippen LogP contribution >= 0.6 is 0 Å². The number of hydrogen-bond donors (Lipinski definition) is 1. The number of carbonyl (C=O) groups excluding carboxylic acids is 1. The van der Waals surface area contributed by atoms with Gasteiger partial charge in [-0.05, 0) is 50.8 Å². The van der Waals surface area contributed by atoms with E-state index in [1.807, 2.05) is 24.8 Å². The van der Waals surface area contributed by atoms with Crippen molar-refractivity contribution in [2.45, 2.75) is 45.2 Å². The lowest BCUT2D eigenvalue weighted by Gasteiger charge is -2.30. The van der Waals surface area contributed by atoms with Gasteiger partial charge in [0, 0.05) is 19.1 Å². The number of nitrogens with zero attached hydrogens (tertiary/aromatic N) is 1. The lowest BCUT2D eigenvalue weighted by atomic mass is 10.1. The summed E-state index contributed by atoms with van der Waals surface area (Å²) in [5.74, 6) is -0.0980. The molecule has 0 bridgehead atoms. The zero-order valence-corrected chi connectivity index (χ0v) is 12.2. The summed E-state index contributed by atoms with van der Waals surface area (Å²) < 4.78 is 13.2. The number of halogens is 1. The molecule has 2 rings (SSSR count). The van der Waals surface area contributed by atoms with Crippen molar-refractivity contribution in [3.8, 4) is 0 Å². The number of hydrogen-bond acceptors (Lipinski definition) is 2. The molecule has 0 saturated carbocycles. The van der Waals surface area contributed by atoms with Crippen molar-refractivity contribution in [3.63, 3.8) is 0 Å². The molecule has 0 aliphatic carbocycles. The molecule has 1 N–H and O–H groups in total. The van der Waals surface area contributed by atoms with Gasteiger partial charge < -0.3 is 4.90 Å². The normalized spacial score (nSPS) is 18.6. The Morgan fingerprint density at radius 3 is 2.60 bits per heavy atom. The van der Waals surface area contributed by atoms with E-state index in [4.69, 9.17) is 0 Å². The Bertz CT molecular complexity index is 458. The average Bonchev–Trinajstić information content (AvgIpc) is 2.47. The molecule has 3 nitrogen and oxygen atoms in total. The van der Waals surface area contributed by atoms with Gasteiger partial charge in [-0.1, -0.05) is 12.1 Å². The van der Waals surface area contributed by atoms with Gasteiger partial charge in [0.2, 0.25) is 5.91 Å². The van der Waals surface area contributed by atoms with Crippen LogP contribution in [-0.2, 0) is 4.79 Å². The molecular weight excluding hydrogens is 255 g/mol. The van der Waals surface area contributed by atoms with Crippen LogP contribution in [0, 0.1) is 5.82 Å². The molecular formula is C16H23FN2O. The predicted molar refractivity (Wildman–Crippen MR) is 77.8 cm³/mol. The van der Waals surface area contributed by atoms with E-state index in [1.54, 1.807) is 6.07 Å². The number of nitrogens with one attached hydrogen (secondary N) is 1. The first-order valence-electron chi connectivity index (χ1n) is 7.38. The Labute approximate surface area is 120 Å². The second-order valence-electron chi connectivity index (χ2n) is 5.55. The summed E-state index contributed by atoms with van der Waals surface area (Å²) >= 11 is 0. The van der Waals surface area contributed by atoms with E-state index < -0.39 is 0 Å². The number of likely N-dealkylation sites (tertiary alicyclic amines) is 1. The van der Waals surface area contributed by atoms with Crippen LogP contribution in [0.2, 0.25) is 0 Å². The van der Waals surface area contributed by atoms with Gasteiger partial charge in [0.15, 0.2) is 0 Å². The highest BCUT2D eigenvalue weighted by molar-refractivity contribution is 5.81. The van der Waals surface area contributed by atoms with E-state index in [2.05, 4.69) is 5.32 Å². The Morgan fingerprint density at radius 1 is 1.25 bits per heavy atom. The third kappa shape index (κ3) is 3.79. The van der Waals surface area contributed by atoms with Crippen molar-refractivity contribution in [2.24, 2.45) is 0 Å². The zero-order chi connectivity index (χ0) is 14.5. The molecule has 0 radical (unpaired) electrons. The minimum absolute atomic E-state index is 0.0468. The molecule has 1 aromatic carbocycles. The monoisotopic (exact) mass is 278 g/mol. The van der Waals surface area contributed by atoms with Gasteiger partial charge in [0.05, 0.1) is 6.04 Å². The molecule has 1 aliphatic rings. The molecule has 110 valence electrons. The molecule has 0 aromatic heterocycles. The average molecular weight is 278 g/mol. The number of carbonyl (C=O) groups is 1. The zero-order valence-electron chi connectivity index (χ0n) is 12.2. The van der Waals surface area contributed by atoms with E-state index in [0.717, 1.165) is 31.5 Å². The highest BCUT2D eigenvalue weighted by Gasteiger charge is 2.23. The van der Waals surface area contributed by atoms with Crippen LogP contribution in [-0.4, -0.2) is 29.9 Å². The van der Waals surface area contributed by atoms with Crippen LogP contribution in [0.3, 0.4) is 0 Å². The Balaban J connectivity index is 1.92. The highest BCUT2D eigenvalue weighted by atomic mass is 19.1. The molecule has 1 aromatic rings. The fraction of sp³-hybridized carbons (Fsp3) is 0.562. The third-order valence-corrected chi connectivity index (χ3v) is 3.89. The maximum atomic E-state index is 13.2. The lowest BCUT2D eigenvalue weighted by Crippen LogP contribution is -2.47. The van der Waals surface area contributed by atoms with Gasteiger partial charge >= 0.3 is 0 Å². The maximum absolute atomic E-state index is 13.2. The molecule has 2 atom stereocenters. The van der Waals surface area contributed by atoms with Crippen molar-refractivity contribution in [1.29, 1.82) is 0 Å². The third-order valence-electron chi connectivity index (χ3n) is 3.89. The van der Waals surface area contributed by atoms with Gasteiger partial charge in [-0.25, -0.2) is 4.39 Å².